The zero-order valence-corrected chi connectivity index (χ0v) is 11.8. The molecule has 2 rings (SSSR count). The molecule has 112 valence electrons. The molecule has 7 heteroatoms. The molecular weight excluding hydrogens is 290 g/mol. The molecule has 1 aliphatic rings. The van der Waals surface area contributed by atoms with E-state index in [0.29, 0.717) is 18.0 Å². The van der Waals surface area contributed by atoms with E-state index >= 15 is 0 Å². The second-order valence-corrected chi connectivity index (χ2v) is 4.44. The van der Waals surface area contributed by atoms with Crippen LogP contribution in [0.15, 0.2) is 24.3 Å². The van der Waals surface area contributed by atoms with Crippen molar-refractivity contribution in [1.29, 1.82) is 0 Å². The maximum Gasteiger partial charge on any atom is 0.262 e. The molecular formula is C13H17ClF2N2O2. The molecule has 1 amide bonds. The Morgan fingerprint density at radius 1 is 1.45 bits per heavy atom. The van der Waals surface area contributed by atoms with Crippen molar-refractivity contribution in [2.75, 3.05) is 18.5 Å². The fraction of sp³-hybridized carbons (Fsp3) is 0.462. The quantitative estimate of drug-likeness (QED) is 0.898. The van der Waals surface area contributed by atoms with E-state index in [2.05, 4.69) is 10.6 Å². The Hall–Kier alpha value is -1.40. The molecule has 0 bridgehead atoms. The molecule has 1 aromatic carbocycles. The van der Waals surface area contributed by atoms with Crippen LogP contribution in [-0.2, 0) is 4.79 Å². The van der Waals surface area contributed by atoms with Gasteiger partial charge in [0.05, 0.1) is 19.2 Å². The lowest BCUT2D eigenvalue weighted by atomic mass is 10.2. The summed E-state index contributed by atoms with van der Waals surface area (Å²) < 4.78 is 31.2. The maximum atomic E-state index is 13.0. The predicted octanol–water partition coefficient (Wildman–Crippen LogP) is 2.44. The fourth-order valence-corrected chi connectivity index (χ4v) is 1.93. The Bertz CT molecular complexity index is 454. The minimum absolute atomic E-state index is 0. The summed E-state index contributed by atoms with van der Waals surface area (Å²) in [5.74, 6) is -2.55. The molecule has 1 unspecified atom stereocenters. The van der Waals surface area contributed by atoms with Crippen LogP contribution in [-0.4, -0.2) is 31.0 Å². The third kappa shape index (κ3) is 4.31. The fourth-order valence-electron chi connectivity index (χ4n) is 1.93. The highest BCUT2D eigenvalue weighted by Gasteiger charge is 2.42. The summed E-state index contributed by atoms with van der Waals surface area (Å²) in [4.78, 5) is 11.8. The number of ether oxygens (including phenoxy) is 1. The number of nitrogens with one attached hydrogen (secondary N) is 2. The number of alkyl halides is 2. The Morgan fingerprint density at radius 3 is 2.60 bits per heavy atom. The lowest BCUT2D eigenvalue weighted by Gasteiger charge is -2.11. The van der Waals surface area contributed by atoms with Gasteiger partial charge in [0.25, 0.3) is 5.92 Å². The molecule has 1 atom stereocenters. The Kier molecular flexibility index (Phi) is 5.71. The summed E-state index contributed by atoms with van der Waals surface area (Å²) in [6, 6.07) is 5.94. The van der Waals surface area contributed by atoms with Gasteiger partial charge >= 0.3 is 0 Å². The number of hydrogen-bond acceptors (Lipinski definition) is 3. The molecule has 0 saturated carbocycles. The van der Waals surface area contributed by atoms with Crippen LogP contribution in [0.2, 0.25) is 0 Å². The van der Waals surface area contributed by atoms with Gasteiger partial charge in [0.1, 0.15) is 5.75 Å². The highest BCUT2D eigenvalue weighted by atomic mass is 35.5. The van der Waals surface area contributed by atoms with E-state index in [1.165, 1.54) is 0 Å². The van der Waals surface area contributed by atoms with E-state index in [4.69, 9.17) is 4.74 Å². The van der Waals surface area contributed by atoms with Crippen LogP contribution in [0.5, 0.6) is 5.75 Å². The zero-order valence-electron chi connectivity index (χ0n) is 11.0. The van der Waals surface area contributed by atoms with Gasteiger partial charge in [0.15, 0.2) is 0 Å². The normalized spacial score (nSPS) is 20.1. The molecule has 1 aliphatic heterocycles. The van der Waals surface area contributed by atoms with Crippen LogP contribution in [0.25, 0.3) is 0 Å². The van der Waals surface area contributed by atoms with Crippen LogP contribution in [0.4, 0.5) is 14.5 Å². The molecule has 0 aromatic heterocycles. The van der Waals surface area contributed by atoms with Crippen LogP contribution in [0.1, 0.15) is 13.3 Å². The number of amides is 1. The van der Waals surface area contributed by atoms with Gasteiger partial charge in [-0.3, -0.25) is 10.1 Å². The van der Waals surface area contributed by atoms with Gasteiger partial charge in [0.2, 0.25) is 5.91 Å². The maximum absolute atomic E-state index is 13.0. The largest absolute Gasteiger partial charge is 0.494 e. The van der Waals surface area contributed by atoms with Crippen molar-refractivity contribution in [2.45, 2.75) is 25.3 Å². The third-order valence-electron chi connectivity index (χ3n) is 2.86. The summed E-state index contributed by atoms with van der Waals surface area (Å²) >= 11 is 0. The average Bonchev–Trinajstić information content (AvgIpc) is 2.73. The monoisotopic (exact) mass is 306 g/mol. The van der Waals surface area contributed by atoms with Crippen LogP contribution in [0, 0.1) is 0 Å². The number of halogens is 3. The molecule has 1 aromatic rings. The van der Waals surface area contributed by atoms with Crippen molar-refractivity contribution in [3.63, 3.8) is 0 Å². The Morgan fingerprint density at radius 2 is 2.10 bits per heavy atom. The van der Waals surface area contributed by atoms with E-state index in [1.807, 2.05) is 6.92 Å². The first kappa shape index (κ1) is 16.7. The molecule has 0 radical (unpaired) electrons. The number of anilines is 1. The van der Waals surface area contributed by atoms with Crippen molar-refractivity contribution < 1.29 is 18.3 Å². The highest BCUT2D eigenvalue weighted by molar-refractivity contribution is 5.95. The van der Waals surface area contributed by atoms with Crippen molar-refractivity contribution in [3.8, 4) is 5.75 Å². The summed E-state index contributed by atoms with van der Waals surface area (Å²) in [5.41, 5.74) is 0.561. The van der Waals surface area contributed by atoms with Crippen molar-refractivity contribution in [1.82, 2.24) is 5.32 Å². The van der Waals surface area contributed by atoms with Crippen LogP contribution in [0.3, 0.4) is 0 Å². The summed E-state index contributed by atoms with van der Waals surface area (Å²) in [5, 5.41) is 5.11. The summed E-state index contributed by atoms with van der Waals surface area (Å²) in [6.45, 7) is 1.99. The van der Waals surface area contributed by atoms with Gasteiger partial charge in [-0.25, -0.2) is 8.78 Å². The first-order valence-corrected chi connectivity index (χ1v) is 6.15. The van der Waals surface area contributed by atoms with E-state index in [0.717, 1.165) is 0 Å². The number of carbonyl (C=O) groups is 1. The van der Waals surface area contributed by atoms with Gasteiger partial charge in [-0.05, 0) is 31.2 Å². The third-order valence-corrected chi connectivity index (χ3v) is 2.86. The first-order valence-electron chi connectivity index (χ1n) is 6.15. The minimum Gasteiger partial charge on any atom is -0.494 e. The SMILES string of the molecule is CCOc1ccc(NC(=O)C2CC(F)(F)CN2)cc1.Cl. The predicted molar refractivity (Wildman–Crippen MR) is 74.8 cm³/mol. The number of hydrogen-bond donors (Lipinski definition) is 2. The molecule has 1 saturated heterocycles. The molecule has 1 fully saturated rings. The first-order chi connectivity index (χ1) is 9.00. The van der Waals surface area contributed by atoms with Crippen LogP contribution >= 0.6 is 12.4 Å². The van der Waals surface area contributed by atoms with Gasteiger partial charge in [-0.15, -0.1) is 12.4 Å². The lowest BCUT2D eigenvalue weighted by molar-refractivity contribution is -0.118. The van der Waals surface area contributed by atoms with Crippen molar-refractivity contribution in [2.24, 2.45) is 0 Å². The van der Waals surface area contributed by atoms with Crippen molar-refractivity contribution in [3.05, 3.63) is 24.3 Å². The lowest BCUT2D eigenvalue weighted by Crippen LogP contribution is -2.35. The molecule has 0 aliphatic carbocycles. The standard InChI is InChI=1S/C13H16F2N2O2.ClH/c1-2-19-10-5-3-9(4-6-10)17-12(18)11-7-13(14,15)8-16-11;/h3-6,11,16H,2,7-8H2,1H3,(H,17,18);1H. The molecule has 2 N–H and O–H groups in total. The number of rotatable bonds is 4. The van der Waals surface area contributed by atoms with Gasteiger partial charge in [-0.1, -0.05) is 0 Å². The Labute approximate surface area is 122 Å². The zero-order chi connectivity index (χ0) is 13.9. The summed E-state index contributed by atoms with van der Waals surface area (Å²) in [6.07, 6.45) is -0.462. The van der Waals surface area contributed by atoms with E-state index < -0.39 is 30.8 Å². The van der Waals surface area contributed by atoms with Gasteiger partial charge < -0.3 is 10.1 Å². The molecule has 1 heterocycles. The average molecular weight is 307 g/mol. The second-order valence-electron chi connectivity index (χ2n) is 4.44. The molecule has 4 nitrogen and oxygen atoms in total. The Balaban J connectivity index is 0.00000200. The molecule has 20 heavy (non-hydrogen) atoms. The second kappa shape index (κ2) is 6.85. The molecule has 0 spiro atoms. The van der Waals surface area contributed by atoms with E-state index in [1.54, 1.807) is 24.3 Å². The van der Waals surface area contributed by atoms with Crippen molar-refractivity contribution >= 4 is 24.0 Å². The van der Waals surface area contributed by atoms with Gasteiger partial charge in [-0.2, -0.15) is 0 Å². The highest BCUT2D eigenvalue weighted by Crippen LogP contribution is 2.26. The van der Waals surface area contributed by atoms with E-state index in [-0.39, 0.29) is 12.4 Å². The van der Waals surface area contributed by atoms with E-state index in [9.17, 15) is 13.6 Å². The van der Waals surface area contributed by atoms with Gasteiger partial charge in [0, 0.05) is 12.1 Å². The topological polar surface area (TPSA) is 50.4 Å². The number of benzene rings is 1. The van der Waals surface area contributed by atoms with Crippen LogP contribution < -0.4 is 15.4 Å². The smallest absolute Gasteiger partial charge is 0.262 e. The summed E-state index contributed by atoms with van der Waals surface area (Å²) in [7, 11) is 0. The minimum atomic E-state index is -2.80. The number of carbonyl (C=O) groups excluding carboxylic acids is 1.